The molecule has 3 rings (SSSR count). The van der Waals surface area contributed by atoms with E-state index in [1.54, 1.807) is 36.4 Å². The highest BCUT2D eigenvalue weighted by molar-refractivity contribution is 5.91. The van der Waals surface area contributed by atoms with Gasteiger partial charge in [0.25, 0.3) is 0 Å². The van der Waals surface area contributed by atoms with E-state index in [2.05, 4.69) is 4.98 Å². The molecule has 0 aliphatic rings. The van der Waals surface area contributed by atoms with Gasteiger partial charge in [-0.25, -0.2) is 0 Å². The Morgan fingerprint density at radius 2 is 1.57 bits per heavy atom. The molecule has 212 valence electrons. The lowest BCUT2D eigenvalue weighted by Gasteiger charge is -2.24. The van der Waals surface area contributed by atoms with Crippen molar-refractivity contribution < 1.29 is 48.8 Å². The second-order valence-electron chi connectivity index (χ2n) is 8.73. The van der Waals surface area contributed by atoms with Crippen LogP contribution in [-0.2, 0) is 23.9 Å². The SMILES string of the molecule is O=CCN(CCOCCOc1cc(-c2cc3ccc(C=O)cc3[nH]2)ccc1N(CC(=O)O)CC(=O)O)CC(=O)O. The van der Waals surface area contributed by atoms with E-state index in [1.807, 2.05) is 6.07 Å². The van der Waals surface area contributed by atoms with Crippen LogP contribution in [0.15, 0.2) is 42.5 Å². The first-order chi connectivity index (χ1) is 19.2. The van der Waals surface area contributed by atoms with E-state index in [4.69, 9.17) is 14.6 Å². The summed E-state index contributed by atoms with van der Waals surface area (Å²) in [6, 6.07) is 12.0. The number of aldehydes is 2. The Hall–Kier alpha value is -4.75. The lowest BCUT2D eigenvalue weighted by Crippen LogP contribution is -2.35. The van der Waals surface area contributed by atoms with Gasteiger partial charge in [0.1, 0.15) is 38.0 Å². The van der Waals surface area contributed by atoms with Gasteiger partial charge in [0.2, 0.25) is 0 Å². The van der Waals surface area contributed by atoms with Gasteiger partial charge in [-0.3, -0.25) is 24.1 Å². The number of aromatic nitrogens is 1. The number of rotatable bonds is 18. The van der Waals surface area contributed by atoms with Crippen LogP contribution < -0.4 is 9.64 Å². The van der Waals surface area contributed by atoms with Crippen LogP contribution in [0.3, 0.4) is 0 Å². The van der Waals surface area contributed by atoms with E-state index in [0.717, 1.165) is 22.1 Å². The van der Waals surface area contributed by atoms with Gasteiger partial charge in [-0.05, 0) is 24.3 Å². The number of carbonyl (C=O) groups is 5. The number of carboxylic acid groups (broad SMARTS) is 3. The number of carbonyl (C=O) groups excluding carboxylic acids is 2. The second kappa shape index (κ2) is 14.4. The average molecular weight is 556 g/mol. The zero-order valence-electron chi connectivity index (χ0n) is 21.4. The van der Waals surface area contributed by atoms with E-state index in [0.29, 0.717) is 23.1 Å². The van der Waals surface area contributed by atoms with Crippen LogP contribution >= 0.6 is 0 Å². The molecule has 40 heavy (non-hydrogen) atoms. The maximum Gasteiger partial charge on any atom is 0.323 e. The number of fused-ring (bicyclic) bond motifs is 1. The Balaban J connectivity index is 1.79. The van der Waals surface area contributed by atoms with E-state index >= 15 is 0 Å². The molecule has 0 spiro atoms. The Bertz CT molecular complexity index is 1350. The Kier molecular flexibility index (Phi) is 10.7. The van der Waals surface area contributed by atoms with E-state index < -0.39 is 31.0 Å². The standard InChI is InChI=1S/C27H29N3O10/c31-7-5-29(14-25(33)34)6-8-39-9-10-40-24-13-20(3-4-23(24)30(15-26(35)36)16-27(37)38)22-12-19-2-1-18(17-32)11-21(19)28-22/h1-4,7,11-13,17,28H,5-6,8-10,14-16H2,(H,33,34)(H,35,36)(H,37,38). The minimum Gasteiger partial charge on any atom is -0.489 e. The van der Waals surface area contributed by atoms with Gasteiger partial charge in [-0.15, -0.1) is 0 Å². The minimum absolute atomic E-state index is 0.0203. The summed E-state index contributed by atoms with van der Waals surface area (Å²) < 4.78 is 11.4. The highest BCUT2D eigenvalue weighted by Crippen LogP contribution is 2.34. The van der Waals surface area contributed by atoms with Gasteiger partial charge in [0.05, 0.1) is 32.0 Å². The summed E-state index contributed by atoms with van der Waals surface area (Å²) >= 11 is 0. The lowest BCUT2D eigenvalue weighted by molar-refractivity contribution is -0.139. The quantitative estimate of drug-likeness (QED) is 0.131. The fourth-order valence-corrected chi connectivity index (χ4v) is 4.02. The van der Waals surface area contributed by atoms with Crippen molar-refractivity contribution in [2.45, 2.75) is 0 Å². The first-order valence-corrected chi connectivity index (χ1v) is 12.2. The number of aliphatic carboxylic acids is 3. The monoisotopic (exact) mass is 555 g/mol. The zero-order chi connectivity index (χ0) is 29.1. The zero-order valence-corrected chi connectivity index (χ0v) is 21.4. The van der Waals surface area contributed by atoms with Gasteiger partial charge < -0.3 is 39.5 Å². The van der Waals surface area contributed by atoms with Gasteiger partial charge >= 0.3 is 17.9 Å². The summed E-state index contributed by atoms with van der Waals surface area (Å²) in [5.74, 6) is -3.28. The number of hydrogen-bond donors (Lipinski definition) is 4. The van der Waals surface area contributed by atoms with Crippen molar-refractivity contribution >= 4 is 47.1 Å². The molecule has 0 bridgehead atoms. The van der Waals surface area contributed by atoms with E-state index in [1.165, 1.54) is 4.90 Å². The third-order valence-electron chi connectivity index (χ3n) is 5.78. The van der Waals surface area contributed by atoms with Gasteiger partial charge in [-0.1, -0.05) is 18.2 Å². The number of carboxylic acids is 3. The number of nitrogens with zero attached hydrogens (tertiary/aromatic N) is 2. The first kappa shape index (κ1) is 29.8. The third kappa shape index (κ3) is 8.64. The number of H-pyrrole nitrogens is 1. The predicted octanol–water partition coefficient (Wildman–Crippen LogP) is 1.60. The maximum atomic E-state index is 11.4. The number of ether oxygens (including phenoxy) is 2. The van der Waals surface area contributed by atoms with Crippen molar-refractivity contribution in [3.05, 3.63) is 48.0 Å². The van der Waals surface area contributed by atoms with Crippen LogP contribution in [-0.4, -0.2) is 108 Å². The van der Waals surface area contributed by atoms with Crippen LogP contribution in [0.4, 0.5) is 5.69 Å². The second-order valence-corrected chi connectivity index (χ2v) is 8.73. The minimum atomic E-state index is -1.22. The molecule has 13 heteroatoms. The molecule has 3 aromatic rings. The molecule has 1 aromatic heterocycles. The molecular formula is C27H29N3O10. The largest absolute Gasteiger partial charge is 0.489 e. The molecule has 1 heterocycles. The maximum absolute atomic E-state index is 11.4. The molecule has 0 aliphatic carbocycles. The summed E-state index contributed by atoms with van der Waals surface area (Å²) in [7, 11) is 0. The van der Waals surface area contributed by atoms with Crippen molar-refractivity contribution in [2.75, 3.05) is 57.4 Å². The van der Waals surface area contributed by atoms with E-state index in [9.17, 15) is 34.2 Å². The van der Waals surface area contributed by atoms with Crippen LogP contribution in [0.1, 0.15) is 10.4 Å². The highest BCUT2D eigenvalue weighted by Gasteiger charge is 2.20. The predicted molar refractivity (Wildman–Crippen MR) is 143 cm³/mol. The molecule has 2 aromatic carbocycles. The molecule has 0 radical (unpaired) electrons. The summed E-state index contributed by atoms with van der Waals surface area (Å²) in [5, 5.41) is 28.4. The number of benzene rings is 2. The summed E-state index contributed by atoms with van der Waals surface area (Å²) in [4.78, 5) is 61.4. The number of nitrogens with one attached hydrogen (secondary N) is 1. The number of anilines is 1. The summed E-state index contributed by atoms with van der Waals surface area (Å²) in [5.41, 5.74) is 2.88. The van der Waals surface area contributed by atoms with Gasteiger partial charge in [-0.2, -0.15) is 0 Å². The van der Waals surface area contributed by atoms with Crippen molar-refractivity contribution in [2.24, 2.45) is 0 Å². The van der Waals surface area contributed by atoms with Crippen molar-refractivity contribution in [1.82, 2.24) is 9.88 Å². The van der Waals surface area contributed by atoms with E-state index in [-0.39, 0.29) is 50.9 Å². The molecule has 0 amide bonds. The third-order valence-corrected chi connectivity index (χ3v) is 5.78. The fourth-order valence-electron chi connectivity index (χ4n) is 4.02. The molecule has 0 aliphatic heterocycles. The highest BCUT2D eigenvalue weighted by atomic mass is 16.5. The molecule has 13 nitrogen and oxygen atoms in total. The van der Waals surface area contributed by atoms with Gasteiger partial charge in [0, 0.05) is 34.3 Å². The van der Waals surface area contributed by atoms with Crippen LogP contribution in [0, 0.1) is 0 Å². The lowest BCUT2D eigenvalue weighted by atomic mass is 10.1. The molecule has 0 atom stereocenters. The molecule has 0 fully saturated rings. The van der Waals surface area contributed by atoms with Crippen molar-refractivity contribution in [3.8, 4) is 17.0 Å². The average Bonchev–Trinajstić information content (AvgIpc) is 3.33. The number of hydrogen-bond acceptors (Lipinski definition) is 9. The smallest absolute Gasteiger partial charge is 0.323 e. The molecule has 0 saturated heterocycles. The fraction of sp³-hybridized carbons (Fsp3) is 0.296. The topological polar surface area (TPSA) is 187 Å². The summed E-state index contributed by atoms with van der Waals surface area (Å²) in [6.45, 7) is -1.04. The van der Waals surface area contributed by atoms with Gasteiger partial charge in [0.15, 0.2) is 0 Å². The van der Waals surface area contributed by atoms with Crippen LogP contribution in [0.2, 0.25) is 0 Å². The van der Waals surface area contributed by atoms with Crippen molar-refractivity contribution in [3.63, 3.8) is 0 Å². The Morgan fingerprint density at radius 1 is 0.850 bits per heavy atom. The molecule has 0 unspecified atom stereocenters. The molecule has 0 saturated carbocycles. The Labute approximate surface area is 228 Å². The molecule has 4 N–H and O–H groups in total. The van der Waals surface area contributed by atoms with Crippen LogP contribution in [0.5, 0.6) is 5.75 Å². The summed E-state index contributed by atoms with van der Waals surface area (Å²) in [6.07, 6.45) is 1.35. The molecular weight excluding hydrogens is 526 g/mol. The van der Waals surface area contributed by atoms with Crippen molar-refractivity contribution in [1.29, 1.82) is 0 Å². The van der Waals surface area contributed by atoms with Crippen LogP contribution in [0.25, 0.3) is 22.2 Å². The first-order valence-electron chi connectivity index (χ1n) is 12.2. The normalized spacial score (nSPS) is 10.9. The number of aromatic amines is 1. The Morgan fingerprint density at radius 3 is 2.23 bits per heavy atom.